The van der Waals surface area contributed by atoms with Gasteiger partial charge in [0.05, 0.1) is 0 Å². The molecule has 3 rings (SSSR count). The summed E-state index contributed by atoms with van der Waals surface area (Å²) in [6, 6.07) is 0. The van der Waals surface area contributed by atoms with Gasteiger partial charge in [-0.2, -0.15) is 0 Å². The lowest BCUT2D eigenvalue weighted by molar-refractivity contribution is 0.231. The Bertz CT molecular complexity index is 279. The maximum Gasteiger partial charge on any atom is 0.00798 e. The first kappa shape index (κ1) is 16.7. The predicted octanol–water partition coefficient (Wildman–Crippen LogP) is 6.73. The quantitative estimate of drug-likeness (QED) is 0.502. The molecule has 0 nitrogen and oxygen atoms in total. The highest BCUT2D eigenvalue weighted by molar-refractivity contribution is 7.52. The summed E-state index contributed by atoms with van der Waals surface area (Å²) >= 11 is 0. The van der Waals surface area contributed by atoms with Gasteiger partial charge in [0.2, 0.25) is 0 Å². The summed E-state index contributed by atoms with van der Waals surface area (Å²) in [5, 5.41) is 0. The summed E-state index contributed by atoms with van der Waals surface area (Å²) in [7, 11) is 4.76. The zero-order chi connectivity index (χ0) is 14.5. The third-order valence-corrected chi connectivity index (χ3v) is 10.4. The normalized spacial score (nSPS) is 28.4. The zero-order valence-corrected chi connectivity index (χ0v) is 16.1. The van der Waals surface area contributed by atoms with Crippen molar-refractivity contribution >= 4 is 17.8 Å². The molecule has 0 radical (unpaired) electrons. The Morgan fingerprint density at radius 3 is 1.38 bits per heavy atom. The van der Waals surface area contributed by atoms with E-state index in [9.17, 15) is 0 Å². The van der Waals surface area contributed by atoms with Crippen molar-refractivity contribution in [3.63, 3.8) is 0 Å². The minimum absolute atomic E-state index is 0.642. The summed E-state index contributed by atoms with van der Waals surface area (Å²) in [5.41, 5.74) is 1.08. The first-order valence-electron chi connectivity index (χ1n) is 9.85. The molecule has 2 unspecified atom stereocenters. The van der Waals surface area contributed by atoms with E-state index in [-0.39, 0.29) is 0 Å². The van der Waals surface area contributed by atoms with Gasteiger partial charge in [0.1, 0.15) is 0 Å². The van der Waals surface area contributed by atoms with Crippen LogP contribution in [0.1, 0.15) is 96.3 Å². The molecule has 0 amide bonds. The molecule has 0 aliphatic heterocycles. The lowest BCUT2D eigenvalue weighted by atomic mass is 9.76. The van der Waals surface area contributed by atoms with E-state index in [4.69, 9.17) is 0 Å². The molecule has 122 valence electrons. The van der Waals surface area contributed by atoms with Crippen LogP contribution in [0.4, 0.5) is 0 Å². The van der Waals surface area contributed by atoms with Gasteiger partial charge in [0, 0.05) is 4.90 Å². The molecule has 0 saturated heterocycles. The van der Waals surface area contributed by atoms with Gasteiger partial charge in [-0.3, -0.25) is 0 Å². The van der Waals surface area contributed by atoms with Crippen molar-refractivity contribution in [2.75, 3.05) is 0 Å². The van der Waals surface area contributed by atoms with Crippen LogP contribution >= 0.6 is 17.8 Å². The minimum atomic E-state index is 0.642. The van der Waals surface area contributed by atoms with E-state index in [0.717, 1.165) is 17.5 Å². The van der Waals surface area contributed by atoms with Crippen LogP contribution in [-0.4, -0.2) is 10.6 Å². The molecule has 2 atom stereocenters. The van der Waals surface area contributed by atoms with E-state index >= 15 is 0 Å². The van der Waals surface area contributed by atoms with Gasteiger partial charge in [-0.25, -0.2) is 0 Å². The monoisotopic (exact) mass is 326 g/mol. The molecule has 3 aliphatic carbocycles. The van der Waals surface area contributed by atoms with E-state index < -0.39 is 0 Å². The largest absolute Gasteiger partial charge is 0.126 e. The third kappa shape index (κ3) is 4.23. The van der Waals surface area contributed by atoms with E-state index in [1.54, 1.807) is 38.5 Å². The standard InChI is InChI=1S/C19H36P2/c20-19(16-10-4-1-5-11-16,17-12-6-2-7-13-17)21-18-14-8-3-9-15-18/h16-18,21H,1-15,20H2. The van der Waals surface area contributed by atoms with Crippen LogP contribution in [0, 0.1) is 11.8 Å². The van der Waals surface area contributed by atoms with E-state index in [1.807, 2.05) is 0 Å². The molecule has 0 N–H and O–H groups in total. The maximum absolute atomic E-state index is 3.51. The number of rotatable bonds is 4. The van der Waals surface area contributed by atoms with Crippen molar-refractivity contribution in [2.24, 2.45) is 11.8 Å². The smallest absolute Gasteiger partial charge is 0.00798 e. The van der Waals surface area contributed by atoms with Crippen LogP contribution < -0.4 is 0 Å². The van der Waals surface area contributed by atoms with Crippen LogP contribution in [0.2, 0.25) is 0 Å². The van der Waals surface area contributed by atoms with Crippen molar-refractivity contribution in [3.8, 4) is 0 Å². The highest BCUT2D eigenvalue weighted by Crippen LogP contribution is 2.60. The fourth-order valence-electron chi connectivity index (χ4n) is 5.33. The average molecular weight is 326 g/mol. The number of hydrogen-bond donors (Lipinski definition) is 0. The fourth-order valence-corrected chi connectivity index (χ4v) is 9.16. The highest BCUT2D eigenvalue weighted by atomic mass is 31.1. The Kier molecular flexibility index (Phi) is 6.45. The van der Waals surface area contributed by atoms with E-state index in [0.29, 0.717) is 4.90 Å². The van der Waals surface area contributed by atoms with Gasteiger partial charge in [0.15, 0.2) is 0 Å². The Morgan fingerprint density at radius 2 is 0.952 bits per heavy atom. The van der Waals surface area contributed by atoms with Crippen molar-refractivity contribution in [1.82, 2.24) is 0 Å². The summed E-state index contributed by atoms with van der Waals surface area (Å²) in [6.07, 6.45) is 22.9. The van der Waals surface area contributed by atoms with Crippen LogP contribution in [0.25, 0.3) is 0 Å². The summed E-state index contributed by atoms with van der Waals surface area (Å²) in [6.45, 7) is 0. The van der Waals surface area contributed by atoms with E-state index in [1.165, 1.54) is 66.4 Å². The average Bonchev–Trinajstić information content (AvgIpc) is 2.57. The molecule has 0 heterocycles. The minimum Gasteiger partial charge on any atom is -0.126 e. The van der Waals surface area contributed by atoms with Crippen molar-refractivity contribution < 1.29 is 0 Å². The highest BCUT2D eigenvalue weighted by Gasteiger charge is 2.43. The molecule has 0 spiro atoms. The lowest BCUT2D eigenvalue weighted by Crippen LogP contribution is -2.39. The molecular formula is C19H36P2. The molecule has 0 aromatic carbocycles. The van der Waals surface area contributed by atoms with Gasteiger partial charge in [-0.05, 0) is 56.0 Å². The lowest BCUT2D eigenvalue weighted by Gasteiger charge is -2.49. The Balaban J connectivity index is 1.71. The second kappa shape index (κ2) is 8.11. The molecule has 0 aromatic heterocycles. The second-order valence-electron chi connectivity index (χ2n) is 8.08. The van der Waals surface area contributed by atoms with Crippen LogP contribution in [-0.2, 0) is 0 Å². The van der Waals surface area contributed by atoms with Gasteiger partial charge >= 0.3 is 0 Å². The molecule has 3 aliphatic rings. The second-order valence-corrected chi connectivity index (χ2v) is 11.6. The SMILES string of the molecule is PC(PC1CCCCC1)(C1CCCCC1)C1CCCCC1. The Morgan fingerprint density at radius 1 is 0.571 bits per heavy atom. The summed E-state index contributed by atoms with van der Waals surface area (Å²) < 4.78 is 0. The molecule has 0 bridgehead atoms. The Hall–Kier alpha value is 0.860. The molecule has 3 saturated carbocycles. The Labute approximate surface area is 137 Å². The third-order valence-electron chi connectivity index (χ3n) is 6.62. The fraction of sp³-hybridized carbons (Fsp3) is 1.00. The van der Waals surface area contributed by atoms with Crippen molar-refractivity contribution in [3.05, 3.63) is 0 Å². The summed E-state index contributed by atoms with van der Waals surface area (Å²) in [5.74, 6) is 2.08. The van der Waals surface area contributed by atoms with Gasteiger partial charge in [0.25, 0.3) is 0 Å². The first-order valence-corrected chi connectivity index (χ1v) is 11.5. The van der Waals surface area contributed by atoms with Crippen LogP contribution in [0.5, 0.6) is 0 Å². The van der Waals surface area contributed by atoms with Gasteiger partial charge in [-0.1, -0.05) is 57.8 Å². The molecule has 0 aromatic rings. The number of hydrogen-bond acceptors (Lipinski definition) is 0. The predicted molar refractivity (Wildman–Crippen MR) is 101 cm³/mol. The summed E-state index contributed by atoms with van der Waals surface area (Å²) in [4.78, 5) is 0.642. The maximum atomic E-state index is 3.51. The zero-order valence-electron chi connectivity index (χ0n) is 13.9. The molecule has 3 fully saturated rings. The van der Waals surface area contributed by atoms with Gasteiger partial charge in [-0.15, -0.1) is 17.8 Å². The molecule has 21 heavy (non-hydrogen) atoms. The van der Waals surface area contributed by atoms with E-state index in [2.05, 4.69) is 9.24 Å². The van der Waals surface area contributed by atoms with Crippen LogP contribution in [0.15, 0.2) is 0 Å². The van der Waals surface area contributed by atoms with Crippen molar-refractivity contribution in [1.29, 1.82) is 0 Å². The first-order chi connectivity index (χ1) is 10.3. The van der Waals surface area contributed by atoms with Gasteiger partial charge < -0.3 is 0 Å². The van der Waals surface area contributed by atoms with Crippen LogP contribution in [0.3, 0.4) is 0 Å². The molecular weight excluding hydrogens is 290 g/mol. The van der Waals surface area contributed by atoms with Crippen molar-refractivity contribution in [2.45, 2.75) is 107 Å². The molecule has 2 heteroatoms. The topological polar surface area (TPSA) is 0 Å².